The van der Waals surface area contributed by atoms with Gasteiger partial charge in [-0.05, 0) is 30.9 Å². The third-order valence-corrected chi connectivity index (χ3v) is 5.74. The van der Waals surface area contributed by atoms with Crippen molar-refractivity contribution in [2.75, 3.05) is 19.6 Å². The number of nitrogens with one attached hydrogen (secondary N) is 2. The van der Waals surface area contributed by atoms with Gasteiger partial charge in [0.2, 0.25) is 11.8 Å². The Balaban J connectivity index is 1.74. The highest BCUT2D eigenvalue weighted by molar-refractivity contribution is 6.00. The molecule has 1 fully saturated rings. The van der Waals surface area contributed by atoms with Gasteiger partial charge in [0.25, 0.3) is 5.91 Å². The Kier molecular flexibility index (Phi) is 7.84. The minimum atomic E-state index is -0.861. The fraction of sp³-hybridized carbons (Fsp3) is 0.500. The summed E-state index contributed by atoms with van der Waals surface area (Å²) in [6.07, 6.45) is 1.17. The molecule has 2 atom stereocenters. The van der Waals surface area contributed by atoms with E-state index in [1.165, 1.54) is 23.1 Å². The van der Waals surface area contributed by atoms with E-state index < -0.39 is 17.8 Å². The van der Waals surface area contributed by atoms with Crippen molar-refractivity contribution in [3.05, 3.63) is 35.8 Å². The molecule has 8 nitrogen and oxygen atoms in total. The van der Waals surface area contributed by atoms with Crippen molar-refractivity contribution >= 4 is 34.5 Å². The summed E-state index contributed by atoms with van der Waals surface area (Å²) >= 11 is 0. The van der Waals surface area contributed by atoms with Crippen molar-refractivity contribution in [1.82, 2.24) is 15.5 Å². The third kappa shape index (κ3) is 5.97. The number of ketones is 1. The first kappa shape index (κ1) is 24.4. The number of nitrogens with zero attached hydrogens (tertiary/aromatic N) is 1. The largest absolute Gasteiger partial charge is 0.451 e. The van der Waals surface area contributed by atoms with Gasteiger partial charge in [-0.1, -0.05) is 26.8 Å². The van der Waals surface area contributed by atoms with Gasteiger partial charge in [-0.15, -0.1) is 0 Å². The zero-order valence-electron chi connectivity index (χ0n) is 19.2. The normalized spacial score (nSPS) is 16.6. The predicted molar refractivity (Wildman–Crippen MR) is 120 cm³/mol. The number of amides is 3. The molecule has 1 saturated heterocycles. The lowest BCUT2D eigenvalue weighted by Gasteiger charge is -2.27. The fourth-order valence-electron chi connectivity index (χ4n) is 3.97. The van der Waals surface area contributed by atoms with Crippen LogP contribution in [0.2, 0.25) is 0 Å². The second-order valence-corrected chi connectivity index (χ2v) is 8.79. The maximum absolute atomic E-state index is 14.0. The van der Waals surface area contributed by atoms with Gasteiger partial charge in [0.05, 0.1) is 23.9 Å². The van der Waals surface area contributed by atoms with E-state index in [1.807, 2.05) is 13.8 Å². The van der Waals surface area contributed by atoms with E-state index in [0.717, 1.165) is 0 Å². The fourth-order valence-corrected chi connectivity index (χ4v) is 3.97. The third-order valence-electron chi connectivity index (χ3n) is 5.74. The summed E-state index contributed by atoms with van der Waals surface area (Å²) in [6, 6.07) is 4.76. The average molecular weight is 460 g/mol. The molecule has 0 saturated carbocycles. The van der Waals surface area contributed by atoms with Crippen molar-refractivity contribution in [3.8, 4) is 0 Å². The van der Waals surface area contributed by atoms with Gasteiger partial charge in [0, 0.05) is 25.6 Å². The molecule has 2 N–H and O–H groups in total. The molecule has 0 aliphatic carbocycles. The van der Waals surface area contributed by atoms with Crippen LogP contribution >= 0.6 is 0 Å². The molecule has 0 spiro atoms. The topological polar surface area (TPSA) is 109 Å². The van der Waals surface area contributed by atoms with E-state index in [9.17, 15) is 23.6 Å². The minimum absolute atomic E-state index is 0.0864. The molecule has 9 heteroatoms. The van der Waals surface area contributed by atoms with E-state index in [2.05, 4.69) is 10.6 Å². The maximum Gasteiger partial charge on any atom is 0.287 e. The van der Waals surface area contributed by atoms with Gasteiger partial charge in [-0.25, -0.2) is 4.39 Å². The molecule has 33 heavy (non-hydrogen) atoms. The minimum Gasteiger partial charge on any atom is -0.451 e. The van der Waals surface area contributed by atoms with Crippen molar-refractivity contribution in [2.45, 2.75) is 46.1 Å². The van der Waals surface area contributed by atoms with Gasteiger partial charge in [0.15, 0.2) is 11.5 Å². The summed E-state index contributed by atoms with van der Waals surface area (Å²) in [4.78, 5) is 51.8. The van der Waals surface area contributed by atoms with Crippen molar-refractivity contribution in [2.24, 2.45) is 11.8 Å². The molecule has 1 aliphatic rings. The molecule has 1 aliphatic heterocycles. The molecule has 0 radical (unpaired) electrons. The van der Waals surface area contributed by atoms with Crippen LogP contribution in [0.4, 0.5) is 4.39 Å². The SMILES string of the molecule is CCC(=O)N(CC(=O)[C@H](CC(C)C)NC(=O)c1cc2c(F)cccc2o1)C[C@@H]1CCNC1=O. The number of Topliss-reactive ketones (excluding diaryl/α,β-unsaturated/α-hetero) is 1. The number of carbonyl (C=O) groups is 4. The van der Waals surface area contributed by atoms with E-state index in [1.54, 1.807) is 13.0 Å². The number of furan rings is 1. The van der Waals surface area contributed by atoms with E-state index in [-0.39, 0.29) is 65.7 Å². The number of carbonyl (C=O) groups excluding carboxylic acids is 4. The molecule has 3 amide bonds. The first-order chi connectivity index (χ1) is 15.7. The molecule has 2 heterocycles. The number of benzene rings is 1. The summed E-state index contributed by atoms with van der Waals surface area (Å²) in [5.41, 5.74) is 0.237. The van der Waals surface area contributed by atoms with Crippen LogP contribution in [0.5, 0.6) is 0 Å². The molecule has 2 aromatic rings. The van der Waals surface area contributed by atoms with E-state index in [0.29, 0.717) is 19.4 Å². The van der Waals surface area contributed by atoms with Gasteiger partial charge in [0.1, 0.15) is 11.4 Å². The van der Waals surface area contributed by atoms with Gasteiger partial charge in [-0.2, -0.15) is 0 Å². The first-order valence-electron chi connectivity index (χ1n) is 11.3. The van der Waals surface area contributed by atoms with Crippen LogP contribution in [-0.2, 0) is 14.4 Å². The molecular formula is C24H30FN3O5. The summed E-state index contributed by atoms with van der Waals surface area (Å²) < 4.78 is 19.4. The van der Waals surface area contributed by atoms with E-state index >= 15 is 0 Å². The van der Waals surface area contributed by atoms with Crippen LogP contribution in [0.15, 0.2) is 28.7 Å². The predicted octanol–water partition coefficient (Wildman–Crippen LogP) is 2.66. The second kappa shape index (κ2) is 10.6. The van der Waals surface area contributed by atoms with Crippen LogP contribution < -0.4 is 10.6 Å². The number of fused-ring (bicyclic) bond motifs is 1. The van der Waals surface area contributed by atoms with Gasteiger partial charge < -0.3 is 20.0 Å². The summed E-state index contributed by atoms with van der Waals surface area (Å²) in [6.45, 7) is 6.04. The number of hydrogen-bond donors (Lipinski definition) is 2. The number of hydrogen-bond acceptors (Lipinski definition) is 5. The second-order valence-electron chi connectivity index (χ2n) is 8.79. The Bertz CT molecular complexity index is 1050. The molecule has 3 rings (SSSR count). The lowest BCUT2D eigenvalue weighted by atomic mass is 9.99. The van der Waals surface area contributed by atoms with Crippen molar-refractivity contribution < 1.29 is 28.0 Å². The maximum atomic E-state index is 14.0. The standard InChI is InChI=1S/C24H30FN3O5/c1-4-22(30)28(12-15-8-9-26-23(15)31)13-19(29)18(10-14(2)3)27-24(32)21-11-16-17(25)6-5-7-20(16)33-21/h5-7,11,14-15,18H,4,8-10,12-13H2,1-3H3,(H,26,31)(H,27,32)/t15-,18-/m0/s1. The molecular weight excluding hydrogens is 429 g/mol. The van der Waals surface area contributed by atoms with Crippen molar-refractivity contribution in [3.63, 3.8) is 0 Å². The van der Waals surface area contributed by atoms with E-state index in [4.69, 9.17) is 4.42 Å². The lowest BCUT2D eigenvalue weighted by Crippen LogP contribution is -2.48. The van der Waals surface area contributed by atoms with Crippen LogP contribution in [0.1, 0.15) is 50.6 Å². The Morgan fingerprint density at radius 2 is 2.06 bits per heavy atom. The highest BCUT2D eigenvalue weighted by Crippen LogP contribution is 2.22. The molecule has 0 bridgehead atoms. The Hall–Kier alpha value is -3.23. The number of halogens is 1. The zero-order chi connectivity index (χ0) is 24.1. The molecule has 0 unspecified atom stereocenters. The molecule has 1 aromatic heterocycles. The zero-order valence-corrected chi connectivity index (χ0v) is 19.2. The summed E-state index contributed by atoms with van der Waals surface area (Å²) in [5.74, 6) is -2.19. The summed E-state index contributed by atoms with van der Waals surface area (Å²) in [7, 11) is 0. The van der Waals surface area contributed by atoms with Crippen LogP contribution in [-0.4, -0.2) is 54.1 Å². The number of rotatable bonds is 10. The Morgan fingerprint density at radius 3 is 2.67 bits per heavy atom. The Morgan fingerprint density at radius 1 is 1.30 bits per heavy atom. The molecule has 178 valence electrons. The van der Waals surface area contributed by atoms with Gasteiger partial charge in [-0.3, -0.25) is 19.2 Å². The smallest absolute Gasteiger partial charge is 0.287 e. The van der Waals surface area contributed by atoms with Crippen molar-refractivity contribution in [1.29, 1.82) is 0 Å². The molecule has 1 aromatic carbocycles. The highest BCUT2D eigenvalue weighted by Gasteiger charge is 2.31. The monoisotopic (exact) mass is 459 g/mol. The Labute approximate surface area is 191 Å². The van der Waals surface area contributed by atoms with Gasteiger partial charge >= 0.3 is 0 Å². The quantitative estimate of drug-likeness (QED) is 0.568. The first-order valence-corrected chi connectivity index (χ1v) is 11.3. The highest BCUT2D eigenvalue weighted by atomic mass is 19.1. The van der Waals surface area contributed by atoms with Crippen LogP contribution in [0, 0.1) is 17.7 Å². The average Bonchev–Trinajstić information content (AvgIpc) is 3.39. The van der Waals surface area contributed by atoms with Crippen LogP contribution in [0.3, 0.4) is 0 Å². The van der Waals surface area contributed by atoms with Crippen LogP contribution in [0.25, 0.3) is 11.0 Å². The lowest BCUT2D eigenvalue weighted by molar-refractivity contribution is -0.137. The summed E-state index contributed by atoms with van der Waals surface area (Å²) in [5, 5.41) is 5.61.